The number of rotatable bonds is 42. The number of hydrogen-bond donors (Lipinski definition) is 15. The van der Waals surface area contributed by atoms with E-state index in [9.17, 15) is 102 Å². The largest absolute Gasteiger partial charge is 0.481 e. The second-order valence-corrected chi connectivity index (χ2v) is 24.6. The van der Waals surface area contributed by atoms with Crippen molar-refractivity contribution in [1.82, 2.24) is 58.1 Å². The van der Waals surface area contributed by atoms with Crippen molar-refractivity contribution in [2.45, 2.75) is 184 Å². The highest BCUT2D eigenvalue weighted by Crippen LogP contribution is 2.22. The molecule has 2 saturated heterocycles. The van der Waals surface area contributed by atoms with E-state index < -0.39 is 204 Å². The average molecular weight is 1460 g/mol. The Hall–Kier alpha value is -10.7. The summed E-state index contributed by atoms with van der Waals surface area (Å²) in [6.45, 7) is 6.53. The third kappa shape index (κ3) is 31.8. The van der Waals surface area contributed by atoms with Crippen LogP contribution in [-0.2, 0) is 97.3 Å². The Kier molecular flexibility index (Phi) is 38.0. The van der Waals surface area contributed by atoms with Crippen molar-refractivity contribution >= 4 is 100 Å². The van der Waals surface area contributed by atoms with Crippen molar-refractivity contribution in [3.8, 4) is 0 Å². The van der Waals surface area contributed by atoms with E-state index in [1.165, 1.54) is 24.0 Å². The maximum atomic E-state index is 14.6. The first-order chi connectivity index (χ1) is 48.7. The average Bonchev–Trinajstić information content (AvgIpc) is 1.75. The molecule has 41 nitrogen and oxygen atoms in total. The highest BCUT2D eigenvalue weighted by Gasteiger charge is 2.42. The number of nitrogens with zero attached hydrogens (tertiary/aromatic N) is 5. The van der Waals surface area contributed by atoms with Gasteiger partial charge in [-0.2, -0.15) is 0 Å². The van der Waals surface area contributed by atoms with Crippen LogP contribution in [0.15, 0.2) is 29.4 Å². The Labute approximate surface area is 590 Å². The van der Waals surface area contributed by atoms with Crippen LogP contribution >= 0.6 is 0 Å². The number of benzene rings is 1. The molecule has 0 bridgehead atoms. The number of nitrogens with two attached hydrogens (primary N) is 2. The maximum absolute atomic E-state index is 14.6. The molecule has 0 spiro atoms. The topological polar surface area (TPSA) is 629 Å². The molecule has 3 rings (SSSR count). The van der Waals surface area contributed by atoms with Crippen LogP contribution in [0.25, 0.3) is 10.4 Å². The minimum atomic E-state index is -2.36. The van der Waals surface area contributed by atoms with Gasteiger partial charge in [0, 0.05) is 62.9 Å². The number of carbonyl (C=O) groups is 16. The number of carboxylic acids is 3. The molecular formula is C62H93N17O24. The summed E-state index contributed by atoms with van der Waals surface area (Å²) in [7, 11) is 0. The molecule has 0 unspecified atom stereocenters. The summed E-state index contributed by atoms with van der Waals surface area (Å²) < 4.78 is 15.8. The minimum Gasteiger partial charge on any atom is -0.481 e. The summed E-state index contributed by atoms with van der Waals surface area (Å²) in [4.78, 5) is 228. The second kappa shape index (κ2) is 45.3. The van der Waals surface area contributed by atoms with Crippen LogP contribution in [0.1, 0.15) is 123 Å². The van der Waals surface area contributed by atoms with Gasteiger partial charge in [-0.05, 0) is 75.3 Å². The van der Waals surface area contributed by atoms with E-state index in [1.54, 1.807) is 13.8 Å². The van der Waals surface area contributed by atoms with Crippen LogP contribution in [-0.4, -0.2) is 240 Å². The number of likely N-dealkylation sites (tertiary alicyclic amines) is 1. The van der Waals surface area contributed by atoms with Crippen molar-refractivity contribution in [1.29, 1.82) is 0 Å². The number of hydrogen-bond acceptors (Lipinski definition) is 22. The van der Waals surface area contributed by atoms with Crippen molar-refractivity contribution in [2.24, 2.45) is 28.4 Å². The normalized spacial score (nSPS) is 18.7. The van der Waals surface area contributed by atoms with Crippen molar-refractivity contribution in [3.05, 3.63) is 50.4 Å². The van der Waals surface area contributed by atoms with Gasteiger partial charge < -0.3 is 99.1 Å². The summed E-state index contributed by atoms with van der Waals surface area (Å²) in [6, 6.07) is -11.5. The lowest BCUT2D eigenvalue weighted by atomic mass is 9.98. The summed E-state index contributed by atoms with van der Waals surface area (Å²) >= 11 is 0. The molecule has 2 aliphatic rings. The number of carbonyl (C=O) groups excluding carboxylic acids is 13. The molecule has 0 aliphatic carbocycles. The van der Waals surface area contributed by atoms with Gasteiger partial charge >= 0.3 is 17.9 Å². The number of primary amides is 2. The molecule has 2 fully saturated rings. The highest BCUT2D eigenvalue weighted by molar-refractivity contribution is 6.00. The molecule has 2 heterocycles. The van der Waals surface area contributed by atoms with E-state index in [0.29, 0.717) is 6.42 Å². The van der Waals surface area contributed by atoms with Crippen molar-refractivity contribution < 1.29 is 111 Å². The highest BCUT2D eigenvalue weighted by atomic mass is 16.6. The molecule has 570 valence electrons. The van der Waals surface area contributed by atoms with Gasteiger partial charge in [0.05, 0.1) is 44.4 Å². The van der Waals surface area contributed by atoms with Gasteiger partial charge in [0.15, 0.2) is 5.92 Å². The molecule has 13 amide bonds. The zero-order chi connectivity index (χ0) is 76.9. The predicted molar refractivity (Wildman–Crippen MR) is 355 cm³/mol. The zero-order valence-corrected chi connectivity index (χ0v) is 57.5. The number of nitro benzene ring substituents is 1. The van der Waals surface area contributed by atoms with Gasteiger partial charge in [0.2, 0.25) is 76.8 Å². The van der Waals surface area contributed by atoms with Gasteiger partial charge in [0.1, 0.15) is 67.0 Å². The van der Waals surface area contributed by atoms with Gasteiger partial charge in [0.25, 0.3) is 5.69 Å². The van der Waals surface area contributed by atoms with E-state index in [0.717, 1.165) is 19.1 Å². The monoisotopic (exact) mass is 1460 g/mol. The SMILES string of the molecule is CC(=O)N[C@H](C(=O)N1CCC[C@H]1C(=O)N[C@@H]1CCCCC[C@@H](C(=O)N[C@@H](CC(=O)O)C(=O)N[C@@H](C)C(=O)N[C@@H](CC(C(=O)O)C(=O)O)C(=O)N[C@@H](CCCCNC(=O)COCCOCCOCCN=[N+]=[N-])C(N)=O)NC(=O)[C@H](Cc2ccc([N+](=O)[O-])cc2)NC(=O)[C@H](CCC(N)=O)NC1=O)C(C)C. The summed E-state index contributed by atoms with van der Waals surface area (Å²) in [5, 5.41) is 68.5. The fourth-order valence-electron chi connectivity index (χ4n) is 10.6. The van der Waals surface area contributed by atoms with Gasteiger partial charge in [-0.1, -0.05) is 50.4 Å². The van der Waals surface area contributed by atoms with Crippen molar-refractivity contribution in [2.75, 3.05) is 59.3 Å². The Morgan fingerprint density at radius 3 is 1.93 bits per heavy atom. The maximum Gasteiger partial charge on any atom is 0.317 e. The zero-order valence-electron chi connectivity index (χ0n) is 57.5. The number of carboxylic acid groups (broad SMARTS) is 3. The van der Waals surface area contributed by atoms with Crippen LogP contribution in [0.2, 0.25) is 0 Å². The fraction of sp³-hybridized carbons (Fsp3) is 0.645. The Balaban J connectivity index is 1.89. The number of nitro groups is 1. The Bertz CT molecular complexity index is 3210. The number of non-ortho nitro benzene ring substituents is 1. The lowest BCUT2D eigenvalue weighted by Crippen LogP contribution is -2.61. The Morgan fingerprint density at radius 2 is 1.33 bits per heavy atom. The summed E-state index contributed by atoms with van der Waals surface area (Å²) in [6.07, 6.45) is -3.45. The molecule has 17 N–H and O–H groups in total. The molecular weight excluding hydrogens is 1370 g/mol. The quantitative estimate of drug-likeness (QED) is 0.00568. The third-order valence-corrected chi connectivity index (χ3v) is 16.2. The van der Waals surface area contributed by atoms with E-state index in [4.69, 9.17) is 31.2 Å². The van der Waals surface area contributed by atoms with Crippen molar-refractivity contribution in [3.63, 3.8) is 0 Å². The summed E-state index contributed by atoms with van der Waals surface area (Å²) in [5.74, 6) is -21.1. The second-order valence-electron chi connectivity index (χ2n) is 24.6. The first-order valence-corrected chi connectivity index (χ1v) is 33.2. The number of unbranched alkanes of at least 4 members (excludes halogenated alkanes) is 1. The smallest absolute Gasteiger partial charge is 0.317 e. The predicted octanol–water partition coefficient (Wildman–Crippen LogP) is -3.80. The van der Waals surface area contributed by atoms with Crippen LogP contribution in [0, 0.1) is 22.0 Å². The molecule has 1 aromatic rings. The minimum absolute atomic E-state index is 0.00385. The summed E-state index contributed by atoms with van der Waals surface area (Å²) in [5.41, 5.74) is 19.1. The van der Waals surface area contributed by atoms with Gasteiger partial charge in [-0.3, -0.25) is 86.8 Å². The molecule has 41 heteroatoms. The lowest BCUT2D eigenvalue weighted by molar-refractivity contribution is -0.384. The first-order valence-electron chi connectivity index (χ1n) is 33.2. The van der Waals surface area contributed by atoms with E-state index in [2.05, 4.69) is 63.2 Å². The number of amides is 13. The number of ether oxygens (including phenoxy) is 3. The molecule has 10 atom stereocenters. The van der Waals surface area contributed by atoms with Gasteiger partial charge in [-0.15, -0.1) is 0 Å². The number of aliphatic carboxylic acids is 3. The number of nitrogens with one attached hydrogen (secondary N) is 10. The molecule has 0 radical (unpaired) electrons. The van der Waals surface area contributed by atoms with Crippen LogP contribution in [0.3, 0.4) is 0 Å². The first kappa shape index (κ1) is 86.6. The van der Waals surface area contributed by atoms with Crippen LogP contribution in [0.5, 0.6) is 0 Å². The third-order valence-electron chi connectivity index (χ3n) is 16.2. The van der Waals surface area contributed by atoms with Gasteiger partial charge in [-0.25, -0.2) is 0 Å². The molecule has 103 heavy (non-hydrogen) atoms. The molecule has 2 aliphatic heterocycles. The fourth-order valence-corrected chi connectivity index (χ4v) is 10.6. The number of azide groups is 1. The van der Waals surface area contributed by atoms with E-state index in [1.807, 2.05) is 0 Å². The molecule has 1 aromatic carbocycles. The lowest BCUT2D eigenvalue weighted by Gasteiger charge is -2.31. The van der Waals surface area contributed by atoms with Crippen LogP contribution < -0.4 is 64.6 Å². The molecule has 0 aromatic heterocycles. The Morgan fingerprint density at radius 1 is 0.718 bits per heavy atom. The molecule has 0 saturated carbocycles. The van der Waals surface area contributed by atoms with E-state index >= 15 is 0 Å². The standard InChI is InChI=1S/C62H93N17O24/c1-33(2)50(69-35(4)80)60(94)78-23-10-14-46(78)59(93)73-41-13-7-5-6-12-40(71-57(91)43(29-36-15-17-37(18-16-36)79(99)100)75-55(89)42(72-53(41)87)19-20-47(63)81)54(88)76-45(31-49(83)84)56(90)68-34(3)52(86)74-44(30-38(61(95)96)62(97)98)58(92)70-39(51(64)85)11-8-9-21-66-48(82)32-103-28-27-102-26-25-101-24-22-67-77-65/h15-18,33-34,38-46,50H,5-14,19-32H2,1-4H3,(H2,63,81)(H2,64,85)(H,66,82)(H,68,90)(H,69,80)(H,70,92)(H,71,91)(H,72,87)(H,73,93)(H,74,86)(H,75,89)(H,76,88)(H,83,84)(H,95,96)(H,97,98)/t34-,39-,40-,41+,42-,43-,44-,45-,46-,50-/m0/s1. The van der Waals surface area contributed by atoms with E-state index in [-0.39, 0.29) is 128 Å². The van der Waals surface area contributed by atoms with Crippen LogP contribution in [0.4, 0.5) is 5.69 Å².